The summed E-state index contributed by atoms with van der Waals surface area (Å²) in [6.07, 6.45) is 0. The van der Waals surface area contributed by atoms with E-state index in [0.717, 1.165) is 5.56 Å². The molecule has 0 heterocycles. The highest BCUT2D eigenvalue weighted by Crippen LogP contribution is 2.57. The minimum Gasteiger partial charge on any atom is -0.497 e. The summed E-state index contributed by atoms with van der Waals surface area (Å²) in [5.41, 5.74) is 1.18. The van der Waals surface area contributed by atoms with E-state index in [2.05, 4.69) is 4.72 Å². The molecule has 0 fully saturated rings. The third-order valence-corrected chi connectivity index (χ3v) is 10.9. The summed E-state index contributed by atoms with van der Waals surface area (Å²) in [4.78, 5) is 0.122. The first-order valence-corrected chi connectivity index (χ1v) is 13.6. The second-order valence-corrected chi connectivity index (χ2v) is 14.0. The van der Waals surface area contributed by atoms with Gasteiger partial charge in [-0.2, -0.15) is 0 Å². The Morgan fingerprint density at radius 3 is 1.88 bits per heavy atom. The van der Waals surface area contributed by atoms with Crippen LogP contribution < -0.4 is 24.8 Å². The van der Waals surface area contributed by atoms with E-state index in [0.29, 0.717) is 22.1 Å². The topological polar surface area (TPSA) is 81.7 Å². The van der Waals surface area contributed by atoms with Crippen LogP contribution in [0.1, 0.15) is 26.3 Å². The predicted molar refractivity (Wildman–Crippen MR) is 135 cm³/mol. The SMILES string of the molecule is COc1ccc([P@@](=O)(c2ccc(OC)cc2NS(=O)(=O)c2ccc(C)cc2)C(C)(C)C)cc1. The predicted octanol–water partition coefficient (Wildman–Crippen LogP) is 4.93. The van der Waals surface area contributed by atoms with Gasteiger partial charge in [-0.3, -0.25) is 4.72 Å². The Bertz CT molecular complexity index is 1280. The van der Waals surface area contributed by atoms with Crippen LogP contribution in [0.5, 0.6) is 11.5 Å². The summed E-state index contributed by atoms with van der Waals surface area (Å²) >= 11 is 0. The van der Waals surface area contributed by atoms with Crippen LogP contribution in [0.2, 0.25) is 0 Å². The molecule has 8 heteroatoms. The van der Waals surface area contributed by atoms with Gasteiger partial charge in [-0.05, 0) is 55.5 Å². The summed E-state index contributed by atoms with van der Waals surface area (Å²) in [6, 6.07) is 18.6. The minimum atomic E-state index is -3.92. The standard InChI is InChI=1S/C25H30NO5PS/c1-18-7-14-22(15-8-18)33(28,29)26-23-17-20(31-6)11-16-24(23)32(27,25(2,3)4)21-12-9-19(30-5)10-13-21/h7-17,26H,1-6H3/t32-/m1/s1. The Kier molecular flexibility index (Phi) is 6.96. The maximum atomic E-state index is 14.8. The molecule has 0 radical (unpaired) electrons. The molecule has 3 aromatic rings. The van der Waals surface area contributed by atoms with Crippen LogP contribution in [-0.4, -0.2) is 27.8 Å². The third kappa shape index (κ3) is 4.94. The van der Waals surface area contributed by atoms with Crippen LogP contribution in [0.25, 0.3) is 0 Å². The first-order valence-electron chi connectivity index (χ1n) is 10.5. The average molecular weight is 488 g/mol. The van der Waals surface area contributed by atoms with Gasteiger partial charge in [-0.1, -0.05) is 38.5 Å². The van der Waals surface area contributed by atoms with Gasteiger partial charge in [0.2, 0.25) is 0 Å². The molecule has 0 spiro atoms. The van der Waals surface area contributed by atoms with Crippen molar-refractivity contribution in [1.29, 1.82) is 0 Å². The van der Waals surface area contributed by atoms with Crippen molar-refractivity contribution < 1.29 is 22.5 Å². The highest BCUT2D eigenvalue weighted by molar-refractivity contribution is 7.93. The van der Waals surface area contributed by atoms with Crippen molar-refractivity contribution in [3.63, 3.8) is 0 Å². The van der Waals surface area contributed by atoms with Crippen molar-refractivity contribution in [2.45, 2.75) is 37.7 Å². The molecule has 0 bridgehead atoms. The summed E-state index contributed by atoms with van der Waals surface area (Å²) in [6.45, 7) is 7.56. The zero-order chi connectivity index (χ0) is 24.4. The highest BCUT2D eigenvalue weighted by atomic mass is 32.2. The van der Waals surface area contributed by atoms with Gasteiger partial charge in [0.05, 0.1) is 24.8 Å². The van der Waals surface area contributed by atoms with Gasteiger partial charge in [0.1, 0.15) is 18.6 Å². The molecule has 0 aliphatic heterocycles. The van der Waals surface area contributed by atoms with E-state index >= 15 is 0 Å². The molecule has 0 aliphatic carbocycles. The third-order valence-electron chi connectivity index (χ3n) is 5.50. The van der Waals surface area contributed by atoms with Gasteiger partial charge in [0.15, 0.2) is 0 Å². The molecule has 3 aromatic carbocycles. The normalized spacial score (nSPS) is 13.8. The number of methoxy groups -OCH3 is 2. The molecule has 0 unspecified atom stereocenters. The average Bonchev–Trinajstić information content (AvgIpc) is 2.77. The van der Waals surface area contributed by atoms with Crippen molar-refractivity contribution in [3.05, 3.63) is 72.3 Å². The van der Waals surface area contributed by atoms with Crippen LogP contribution >= 0.6 is 7.14 Å². The number of anilines is 1. The van der Waals surface area contributed by atoms with Crippen LogP contribution in [0, 0.1) is 6.92 Å². The molecule has 33 heavy (non-hydrogen) atoms. The van der Waals surface area contributed by atoms with E-state index in [9.17, 15) is 13.0 Å². The summed E-state index contributed by atoms with van der Waals surface area (Å²) in [5, 5.41) is 0.327. The monoisotopic (exact) mass is 487 g/mol. The molecule has 176 valence electrons. The largest absolute Gasteiger partial charge is 0.497 e. The summed E-state index contributed by atoms with van der Waals surface area (Å²) in [7, 11) is -4.18. The molecular formula is C25H30NO5PS. The maximum Gasteiger partial charge on any atom is 0.261 e. The van der Waals surface area contributed by atoms with Gasteiger partial charge >= 0.3 is 0 Å². The van der Waals surface area contributed by atoms with E-state index in [4.69, 9.17) is 9.47 Å². The van der Waals surface area contributed by atoms with E-state index in [-0.39, 0.29) is 10.6 Å². The number of aryl methyl sites for hydroxylation is 1. The number of rotatable bonds is 7. The molecular weight excluding hydrogens is 457 g/mol. The maximum absolute atomic E-state index is 14.8. The second-order valence-electron chi connectivity index (χ2n) is 8.78. The number of hydrogen-bond acceptors (Lipinski definition) is 5. The highest BCUT2D eigenvalue weighted by Gasteiger charge is 2.42. The molecule has 0 aromatic heterocycles. The van der Waals surface area contributed by atoms with Gasteiger partial charge < -0.3 is 14.0 Å². The molecule has 1 N–H and O–H groups in total. The number of nitrogens with one attached hydrogen (secondary N) is 1. The zero-order valence-electron chi connectivity index (χ0n) is 19.7. The van der Waals surface area contributed by atoms with Crippen LogP contribution in [0.15, 0.2) is 71.6 Å². The first kappa shape index (κ1) is 24.9. The van der Waals surface area contributed by atoms with Crippen molar-refractivity contribution in [3.8, 4) is 11.5 Å². The molecule has 0 amide bonds. The zero-order valence-corrected chi connectivity index (χ0v) is 21.5. The molecule has 0 aliphatic rings. The van der Waals surface area contributed by atoms with Crippen LogP contribution in [0.4, 0.5) is 5.69 Å². The van der Waals surface area contributed by atoms with E-state index in [1.807, 2.05) is 27.7 Å². The number of ether oxygens (including phenoxy) is 2. The van der Waals surface area contributed by atoms with Gasteiger partial charge in [-0.15, -0.1) is 0 Å². The lowest BCUT2D eigenvalue weighted by Crippen LogP contribution is -2.32. The Labute approximate surface area is 196 Å². The van der Waals surface area contributed by atoms with Gasteiger partial charge in [0, 0.05) is 21.8 Å². The van der Waals surface area contributed by atoms with Crippen molar-refractivity contribution in [2.75, 3.05) is 18.9 Å². The summed E-state index contributed by atoms with van der Waals surface area (Å²) in [5.74, 6) is 1.10. The Morgan fingerprint density at radius 2 is 1.36 bits per heavy atom. The fourth-order valence-corrected chi connectivity index (χ4v) is 7.83. The second kappa shape index (κ2) is 9.24. The van der Waals surface area contributed by atoms with Crippen molar-refractivity contribution in [1.82, 2.24) is 0 Å². The molecule has 3 rings (SSSR count). The quantitative estimate of drug-likeness (QED) is 0.478. The van der Waals surface area contributed by atoms with Crippen LogP contribution in [0.3, 0.4) is 0 Å². The fourth-order valence-electron chi connectivity index (χ4n) is 3.60. The fraction of sp³-hybridized carbons (Fsp3) is 0.280. The molecule has 0 saturated carbocycles. The van der Waals surface area contributed by atoms with Gasteiger partial charge in [-0.25, -0.2) is 8.42 Å². The first-order chi connectivity index (χ1) is 15.4. The van der Waals surface area contributed by atoms with Crippen molar-refractivity contribution >= 4 is 33.5 Å². The number of hydrogen-bond donors (Lipinski definition) is 1. The molecule has 0 saturated heterocycles. The van der Waals surface area contributed by atoms with E-state index in [1.165, 1.54) is 7.11 Å². The van der Waals surface area contributed by atoms with Crippen LogP contribution in [-0.2, 0) is 14.6 Å². The molecule has 6 nitrogen and oxygen atoms in total. The minimum absolute atomic E-state index is 0.122. The van der Waals surface area contributed by atoms with E-state index in [1.54, 1.807) is 73.8 Å². The number of benzene rings is 3. The molecule has 1 atom stereocenters. The number of sulfonamides is 1. The Balaban J connectivity index is 2.22. The lowest BCUT2D eigenvalue weighted by molar-refractivity contribution is 0.415. The van der Waals surface area contributed by atoms with E-state index < -0.39 is 22.3 Å². The Hall–Kier alpha value is -2.76. The smallest absolute Gasteiger partial charge is 0.261 e. The lowest BCUT2D eigenvalue weighted by Gasteiger charge is -2.33. The summed E-state index contributed by atoms with van der Waals surface area (Å²) < 4.78 is 54.5. The Morgan fingerprint density at radius 1 is 0.818 bits per heavy atom. The lowest BCUT2D eigenvalue weighted by atomic mass is 10.2. The van der Waals surface area contributed by atoms with Gasteiger partial charge in [0.25, 0.3) is 10.0 Å². The van der Waals surface area contributed by atoms with Crippen molar-refractivity contribution in [2.24, 2.45) is 0 Å².